The summed E-state index contributed by atoms with van der Waals surface area (Å²) in [4.78, 5) is 13.3. The highest BCUT2D eigenvalue weighted by atomic mass is 32.2. The van der Waals surface area contributed by atoms with Gasteiger partial charge in [0, 0.05) is 25.7 Å². The molecule has 1 aromatic carbocycles. The number of hydrogen-bond acceptors (Lipinski definition) is 7. The molecule has 3 rings (SSSR count). The number of nitrogens with one attached hydrogen (secondary N) is 1. The van der Waals surface area contributed by atoms with E-state index in [-0.39, 0.29) is 35.7 Å². The lowest BCUT2D eigenvalue weighted by molar-refractivity contribution is 0.0966. The number of ether oxygens (including phenoxy) is 2. The van der Waals surface area contributed by atoms with Crippen LogP contribution < -0.4 is 13.8 Å². The van der Waals surface area contributed by atoms with Crippen LogP contribution >= 0.6 is 0 Å². The zero-order valence-electron chi connectivity index (χ0n) is 18.4. The smallest absolute Gasteiger partial charge is 0.409 e. The Kier molecular flexibility index (Phi) is 7.88. The van der Waals surface area contributed by atoms with E-state index in [0.717, 1.165) is 0 Å². The number of likely N-dealkylation sites (tertiary alicyclic amines) is 1. The minimum atomic E-state index is -3.99. The van der Waals surface area contributed by atoms with Gasteiger partial charge >= 0.3 is 6.09 Å². The number of nitrogens with zero attached hydrogens (tertiary/aromatic N) is 2. The molecule has 0 unspecified atom stereocenters. The molecule has 0 atom stereocenters. The molecule has 1 aromatic rings. The summed E-state index contributed by atoms with van der Waals surface area (Å²) in [6, 6.07) is 4.08. The molecule has 2 aliphatic heterocycles. The quantitative estimate of drug-likeness (QED) is 0.621. The zero-order valence-corrected chi connectivity index (χ0v) is 20.1. The van der Waals surface area contributed by atoms with Crippen molar-refractivity contribution in [3.05, 3.63) is 18.2 Å². The van der Waals surface area contributed by atoms with Crippen LogP contribution in [0.15, 0.2) is 23.1 Å². The Balaban J connectivity index is 1.81. The zero-order chi connectivity index (χ0) is 23.4. The molecule has 2 heterocycles. The monoisotopic (exact) mass is 489 g/mol. The molecule has 12 heteroatoms. The molecule has 2 saturated heterocycles. The lowest BCUT2D eigenvalue weighted by Crippen LogP contribution is -2.46. The summed E-state index contributed by atoms with van der Waals surface area (Å²) in [5.74, 6) is 0.210. The van der Waals surface area contributed by atoms with Gasteiger partial charge in [-0.1, -0.05) is 0 Å². The average molecular weight is 490 g/mol. The van der Waals surface area contributed by atoms with Crippen molar-refractivity contribution in [2.75, 3.05) is 42.9 Å². The largest absolute Gasteiger partial charge is 0.492 e. The van der Waals surface area contributed by atoms with E-state index in [1.54, 1.807) is 24.8 Å². The highest BCUT2D eigenvalue weighted by molar-refractivity contribution is 7.92. The Labute approximate surface area is 190 Å². The Morgan fingerprint density at radius 3 is 2.47 bits per heavy atom. The third-order valence-corrected chi connectivity index (χ3v) is 8.91. The van der Waals surface area contributed by atoms with Crippen LogP contribution in [0.1, 0.15) is 39.5 Å². The topological polar surface area (TPSA) is 122 Å². The van der Waals surface area contributed by atoms with E-state index in [0.29, 0.717) is 51.0 Å². The fourth-order valence-corrected chi connectivity index (χ4v) is 6.99. The predicted molar refractivity (Wildman–Crippen MR) is 120 cm³/mol. The summed E-state index contributed by atoms with van der Waals surface area (Å²) in [6.45, 7) is 5.12. The van der Waals surface area contributed by atoms with Crippen LogP contribution in [0, 0.1) is 0 Å². The number of rotatable bonds is 7. The van der Waals surface area contributed by atoms with E-state index >= 15 is 0 Å². The van der Waals surface area contributed by atoms with Crippen molar-refractivity contribution in [3.8, 4) is 5.75 Å². The first-order valence-corrected chi connectivity index (χ1v) is 14.0. The summed E-state index contributed by atoms with van der Waals surface area (Å²) in [6.07, 6.45) is 1.80. The van der Waals surface area contributed by atoms with Gasteiger partial charge in [-0.05, 0) is 57.7 Å². The lowest BCUT2D eigenvalue weighted by Gasteiger charge is -2.32. The molecule has 0 radical (unpaired) electrons. The van der Waals surface area contributed by atoms with Crippen molar-refractivity contribution in [3.63, 3.8) is 0 Å². The molecule has 0 bridgehead atoms. The third-order valence-electron chi connectivity index (χ3n) is 5.50. The van der Waals surface area contributed by atoms with Crippen molar-refractivity contribution in [2.45, 2.75) is 50.5 Å². The van der Waals surface area contributed by atoms with Crippen LogP contribution in [-0.2, 0) is 24.8 Å². The molecular weight excluding hydrogens is 458 g/mol. The summed E-state index contributed by atoms with van der Waals surface area (Å²) in [5.41, 5.74) is 0.311. The van der Waals surface area contributed by atoms with Crippen molar-refractivity contribution < 1.29 is 31.1 Å². The molecule has 1 N–H and O–H groups in total. The molecular formula is C20H31N3O7S2. The van der Waals surface area contributed by atoms with E-state index in [4.69, 9.17) is 9.47 Å². The number of benzene rings is 1. The maximum absolute atomic E-state index is 13.2. The summed E-state index contributed by atoms with van der Waals surface area (Å²) < 4.78 is 66.0. The summed E-state index contributed by atoms with van der Waals surface area (Å²) in [7, 11) is -7.47. The summed E-state index contributed by atoms with van der Waals surface area (Å²) in [5, 5.41) is 0. The van der Waals surface area contributed by atoms with E-state index in [1.165, 1.54) is 16.4 Å². The van der Waals surface area contributed by atoms with Gasteiger partial charge in [-0.15, -0.1) is 0 Å². The number of hydrogen-bond donors (Lipinski definition) is 1. The number of piperidine rings is 1. The van der Waals surface area contributed by atoms with Crippen LogP contribution in [0.3, 0.4) is 0 Å². The van der Waals surface area contributed by atoms with Gasteiger partial charge in [0.1, 0.15) is 10.6 Å². The Morgan fingerprint density at radius 1 is 1.12 bits per heavy atom. The third kappa shape index (κ3) is 5.65. The first kappa shape index (κ1) is 24.6. The molecule has 0 aromatic heterocycles. The minimum Gasteiger partial charge on any atom is -0.492 e. The highest BCUT2D eigenvalue weighted by Crippen LogP contribution is 2.32. The summed E-state index contributed by atoms with van der Waals surface area (Å²) >= 11 is 0. The second kappa shape index (κ2) is 10.3. The van der Waals surface area contributed by atoms with E-state index < -0.39 is 26.1 Å². The van der Waals surface area contributed by atoms with Crippen molar-refractivity contribution in [1.82, 2.24) is 9.62 Å². The van der Waals surface area contributed by atoms with Gasteiger partial charge in [0.25, 0.3) is 0 Å². The van der Waals surface area contributed by atoms with E-state index in [1.807, 2.05) is 0 Å². The SMILES string of the molecule is CCOC(=O)N1CCC(NS(=O)(=O)c2cc(N3CCCCS3(=O)=O)ccc2OCC)CC1. The average Bonchev–Trinajstić information content (AvgIpc) is 2.74. The molecule has 0 saturated carbocycles. The van der Waals surface area contributed by atoms with Gasteiger partial charge in [0.15, 0.2) is 0 Å². The number of carbonyl (C=O) groups excluding carboxylic acids is 1. The van der Waals surface area contributed by atoms with Gasteiger partial charge < -0.3 is 14.4 Å². The number of carbonyl (C=O) groups is 1. The number of sulfonamides is 2. The molecule has 0 aliphatic carbocycles. The maximum Gasteiger partial charge on any atom is 0.409 e. The number of amides is 1. The standard InChI is InChI=1S/C20H31N3O7S2/c1-3-29-18-8-7-17(23-11-5-6-14-31(23,25)26)15-19(18)32(27,28)21-16-9-12-22(13-10-16)20(24)30-4-2/h7-8,15-16,21H,3-6,9-14H2,1-2H3. The first-order chi connectivity index (χ1) is 15.2. The van der Waals surface area contributed by atoms with Crippen LogP contribution in [0.2, 0.25) is 0 Å². The van der Waals surface area contributed by atoms with Crippen LogP contribution in [0.25, 0.3) is 0 Å². The van der Waals surface area contributed by atoms with E-state index in [2.05, 4.69) is 4.72 Å². The molecule has 32 heavy (non-hydrogen) atoms. The molecule has 0 spiro atoms. The second-order valence-corrected chi connectivity index (χ2v) is 11.4. The van der Waals surface area contributed by atoms with Gasteiger partial charge in [-0.3, -0.25) is 4.31 Å². The Hall–Kier alpha value is -2.05. The van der Waals surface area contributed by atoms with Gasteiger partial charge in [-0.25, -0.2) is 26.4 Å². The second-order valence-electron chi connectivity index (χ2n) is 7.74. The normalized spacial score (nSPS) is 19.6. The van der Waals surface area contributed by atoms with Gasteiger partial charge in [0.2, 0.25) is 20.0 Å². The first-order valence-electron chi connectivity index (χ1n) is 10.9. The Morgan fingerprint density at radius 2 is 1.84 bits per heavy atom. The Bertz CT molecular complexity index is 1020. The van der Waals surface area contributed by atoms with Crippen molar-refractivity contribution in [2.24, 2.45) is 0 Å². The van der Waals surface area contributed by atoms with E-state index in [9.17, 15) is 21.6 Å². The van der Waals surface area contributed by atoms with Gasteiger partial charge in [-0.2, -0.15) is 0 Å². The lowest BCUT2D eigenvalue weighted by atomic mass is 10.1. The van der Waals surface area contributed by atoms with Crippen molar-refractivity contribution in [1.29, 1.82) is 0 Å². The molecule has 10 nitrogen and oxygen atoms in total. The molecule has 180 valence electrons. The minimum absolute atomic E-state index is 0.0413. The molecule has 2 aliphatic rings. The van der Waals surface area contributed by atoms with Crippen LogP contribution in [0.5, 0.6) is 5.75 Å². The maximum atomic E-state index is 13.2. The number of anilines is 1. The fraction of sp³-hybridized carbons (Fsp3) is 0.650. The van der Waals surface area contributed by atoms with Crippen LogP contribution in [-0.4, -0.2) is 72.5 Å². The highest BCUT2D eigenvalue weighted by Gasteiger charge is 2.31. The fourth-order valence-electron chi connectivity index (χ4n) is 3.89. The van der Waals surface area contributed by atoms with Gasteiger partial charge in [0.05, 0.1) is 24.7 Å². The predicted octanol–water partition coefficient (Wildman–Crippen LogP) is 1.91. The van der Waals surface area contributed by atoms with Crippen molar-refractivity contribution >= 4 is 31.8 Å². The molecule has 2 fully saturated rings. The molecule has 1 amide bonds. The van der Waals surface area contributed by atoms with Crippen LogP contribution in [0.4, 0.5) is 10.5 Å².